The first-order valence-corrected chi connectivity index (χ1v) is 13.1. The summed E-state index contributed by atoms with van der Waals surface area (Å²) in [5.74, 6) is 1.11. The Morgan fingerprint density at radius 3 is 2.29 bits per heavy atom. The van der Waals surface area contributed by atoms with Gasteiger partial charge in [0.15, 0.2) is 0 Å². The number of ether oxygens (including phenoxy) is 2. The summed E-state index contributed by atoms with van der Waals surface area (Å²) >= 11 is 18.7. The predicted octanol–water partition coefficient (Wildman–Crippen LogP) is 6.48. The molecule has 4 aromatic rings. The number of nitrogens with zero attached hydrogens (tertiary/aromatic N) is 4. The van der Waals surface area contributed by atoms with Crippen LogP contribution in [0.1, 0.15) is 10.5 Å². The van der Waals surface area contributed by atoms with Gasteiger partial charge in [0.05, 0.1) is 35.6 Å². The third-order valence-corrected chi connectivity index (χ3v) is 7.48. The lowest BCUT2D eigenvalue weighted by Crippen LogP contribution is -2.49. The van der Waals surface area contributed by atoms with Crippen LogP contribution in [-0.4, -0.2) is 61.0 Å². The number of hydrogen-bond acceptors (Lipinski definition) is 5. The number of amides is 1. The molecular weight excluding hydrogens is 547 g/mol. The van der Waals surface area contributed by atoms with Crippen molar-refractivity contribution in [2.24, 2.45) is 0 Å². The summed E-state index contributed by atoms with van der Waals surface area (Å²) in [7, 11) is 3.18. The molecule has 0 aliphatic carbocycles. The number of carbonyl (C=O) groups is 1. The number of benzene rings is 3. The highest BCUT2D eigenvalue weighted by molar-refractivity contribution is 6.42. The van der Waals surface area contributed by atoms with Gasteiger partial charge in [-0.15, -0.1) is 0 Å². The molecule has 1 saturated heterocycles. The molecule has 0 bridgehead atoms. The number of anilines is 1. The standard InChI is InChI=1S/C28H25Cl3N4O3/c1-37-21-7-8-22(27(16-21)38-2)25-17-26(35(32-25)20-6-9-23(30)24(31)15-20)28(36)34-12-10-33(11-13-34)19-5-3-4-18(29)14-19/h3-9,14-17H,10-13H2,1-2H3. The van der Waals surface area contributed by atoms with Crippen LogP contribution >= 0.6 is 34.8 Å². The molecule has 0 unspecified atom stereocenters. The minimum absolute atomic E-state index is 0.131. The number of rotatable bonds is 6. The van der Waals surface area contributed by atoms with E-state index in [1.54, 1.807) is 49.2 Å². The zero-order valence-corrected chi connectivity index (χ0v) is 23.1. The Bertz CT molecular complexity index is 1480. The Kier molecular flexibility index (Phi) is 7.70. The van der Waals surface area contributed by atoms with Crippen LogP contribution in [0.5, 0.6) is 11.5 Å². The smallest absolute Gasteiger partial charge is 0.272 e. The van der Waals surface area contributed by atoms with E-state index in [4.69, 9.17) is 49.4 Å². The molecule has 0 radical (unpaired) electrons. The molecule has 1 aliphatic heterocycles. The molecule has 0 N–H and O–H groups in total. The van der Waals surface area contributed by atoms with Crippen LogP contribution in [0.25, 0.3) is 16.9 Å². The van der Waals surface area contributed by atoms with E-state index < -0.39 is 0 Å². The van der Waals surface area contributed by atoms with Crippen molar-refractivity contribution in [2.75, 3.05) is 45.3 Å². The van der Waals surface area contributed by atoms with Crippen molar-refractivity contribution in [1.29, 1.82) is 0 Å². The lowest BCUT2D eigenvalue weighted by molar-refractivity contribution is 0.0737. The van der Waals surface area contributed by atoms with Gasteiger partial charge in [0.25, 0.3) is 5.91 Å². The number of hydrogen-bond donors (Lipinski definition) is 0. The third kappa shape index (κ3) is 5.27. The summed E-state index contributed by atoms with van der Waals surface area (Å²) in [4.78, 5) is 17.9. The second-order valence-electron chi connectivity index (χ2n) is 8.75. The molecule has 3 aromatic carbocycles. The van der Waals surface area contributed by atoms with Crippen LogP contribution in [0.4, 0.5) is 5.69 Å². The first-order valence-electron chi connectivity index (χ1n) is 12.0. The lowest BCUT2D eigenvalue weighted by Gasteiger charge is -2.36. The van der Waals surface area contributed by atoms with Crippen LogP contribution in [0, 0.1) is 0 Å². The molecule has 1 aliphatic rings. The maximum atomic E-state index is 13.9. The zero-order chi connectivity index (χ0) is 26.8. The molecule has 0 saturated carbocycles. The van der Waals surface area contributed by atoms with Crippen LogP contribution in [0.2, 0.25) is 15.1 Å². The number of piperazine rings is 1. The fourth-order valence-corrected chi connectivity index (χ4v) is 4.97. The van der Waals surface area contributed by atoms with Crippen molar-refractivity contribution in [2.45, 2.75) is 0 Å². The van der Waals surface area contributed by atoms with Crippen molar-refractivity contribution >= 4 is 46.4 Å². The summed E-state index contributed by atoms with van der Waals surface area (Å²) in [6.45, 7) is 2.48. The number of aromatic nitrogens is 2. The Morgan fingerprint density at radius 1 is 0.816 bits per heavy atom. The Balaban J connectivity index is 1.49. The maximum Gasteiger partial charge on any atom is 0.272 e. The summed E-state index contributed by atoms with van der Waals surface area (Å²) in [5.41, 5.74) is 3.38. The quantitative estimate of drug-likeness (QED) is 0.265. The number of halogens is 3. The van der Waals surface area contributed by atoms with Crippen molar-refractivity contribution in [3.63, 3.8) is 0 Å². The molecule has 38 heavy (non-hydrogen) atoms. The SMILES string of the molecule is COc1ccc(-c2cc(C(=O)N3CCN(c4cccc(Cl)c4)CC3)n(-c3ccc(Cl)c(Cl)c3)n2)c(OC)c1. The van der Waals surface area contributed by atoms with Crippen LogP contribution in [0.3, 0.4) is 0 Å². The van der Waals surface area contributed by atoms with Crippen LogP contribution in [-0.2, 0) is 0 Å². The monoisotopic (exact) mass is 570 g/mol. The van der Waals surface area contributed by atoms with Crippen LogP contribution in [0.15, 0.2) is 66.7 Å². The van der Waals surface area contributed by atoms with Gasteiger partial charge < -0.3 is 19.3 Å². The van der Waals surface area contributed by atoms with Gasteiger partial charge in [0.2, 0.25) is 0 Å². The second kappa shape index (κ2) is 11.2. The molecule has 0 atom stereocenters. The molecule has 1 amide bonds. The molecule has 10 heteroatoms. The van der Waals surface area contributed by atoms with Crippen molar-refractivity contribution in [1.82, 2.24) is 14.7 Å². The lowest BCUT2D eigenvalue weighted by atomic mass is 10.1. The second-order valence-corrected chi connectivity index (χ2v) is 10.0. The minimum Gasteiger partial charge on any atom is -0.497 e. The third-order valence-electron chi connectivity index (χ3n) is 6.50. The first kappa shape index (κ1) is 26.2. The normalized spacial score (nSPS) is 13.5. The van der Waals surface area contributed by atoms with Gasteiger partial charge in [-0.25, -0.2) is 4.68 Å². The van der Waals surface area contributed by atoms with Gasteiger partial charge in [0.1, 0.15) is 17.2 Å². The molecule has 196 valence electrons. The van der Waals surface area contributed by atoms with E-state index in [0.717, 1.165) is 11.3 Å². The molecule has 1 aromatic heterocycles. The highest BCUT2D eigenvalue weighted by atomic mass is 35.5. The van der Waals surface area contributed by atoms with E-state index in [0.29, 0.717) is 69.8 Å². The van der Waals surface area contributed by atoms with E-state index >= 15 is 0 Å². The average molecular weight is 572 g/mol. The van der Waals surface area contributed by atoms with E-state index in [-0.39, 0.29) is 5.91 Å². The maximum absolute atomic E-state index is 13.9. The Labute approximate surface area is 236 Å². The van der Waals surface area contributed by atoms with E-state index in [1.165, 1.54) is 0 Å². The molecule has 5 rings (SSSR count). The fourth-order valence-electron chi connectivity index (χ4n) is 4.49. The van der Waals surface area contributed by atoms with Gasteiger partial charge in [-0.05, 0) is 54.6 Å². The predicted molar refractivity (Wildman–Crippen MR) is 152 cm³/mol. The molecule has 2 heterocycles. The topological polar surface area (TPSA) is 59.8 Å². The van der Waals surface area contributed by atoms with Crippen molar-refractivity contribution in [3.8, 4) is 28.4 Å². The summed E-state index contributed by atoms with van der Waals surface area (Å²) in [5, 5.41) is 6.28. The minimum atomic E-state index is -0.131. The Hall–Kier alpha value is -3.39. The van der Waals surface area contributed by atoms with Crippen molar-refractivity contribution < 1.29 is 14.3 Å². The molecular formula is C28H25Cl3N4O3. The fraction of sp³-hybridized carbons (Fsp3) is 0.214. The van der Waals surface area contributed by atoms with Gasteiger partial charge in [0, 0.05) is 48.5 Å². The van der Waals surface area contributed by atoms with Crippen LogP contribution < -0.4 is 14.4 Å². The zero-order valence-electron chi connectivity index (χ0n) is 20.8. The average Bonchev–Trinajstić information content (AvgIpc) is 3.39. The van der Waals surface area contributed by atoms with E-state index in [9.17, 15) is 4.79 Å². The van der Waals surface area contributed by atoms with Gasteiger partial charge in [-0.3, -0.25) is 4.79 Å². The van der Waals surface area contributed by atoms with E-state index in [2.05, 4.69) is 4.90 Å². The molecule has 7 nitrogen and oxygen atoms in total. The highest BCUT2D eigenvalue weighted by Gasteiger charge is 2.27. The van der Waals surface area contributed by atoms with Crippen molar-refractivity contribution in [3.05, 3.63) is 87.5 Å². The number of carbonyl (C=O) groups excluding carboxylic acids is 1. The Morgan fingerprint density at radius 2 is 1.61 bits per heavy atom. The summed E-state index contributed by atoms with van der Waals surface area (Å²) in [6, 6.07) is 20.2. The van der Waals surface area contributed by atoms with Gasteiger partial charge in [-0.1, -0.05) is 40.9 Å². The largest absolute Gasteiger partial charge is 0.497 e. The first-order chi connectivity index (χ1) is 18.4. The summed E-state index contributed by atoms with van der Waals surface area (Å²) < 4.78 is 12.5. The number of methoxy groups -OCH3 is 2. The highest BCUT2D eigenvalue weighted by Crippen LogP contribution is 2.34. The van der Waals surface area contributed by atoms with Gasteiger partial charge in [-0.2, -0.15) is 5.10 Å². The summed E-state index contributed by atoms with van der Waals surface area (Å²) in [6.07, 6.45) is 0. The van der Waals surface area contributed by atoms with Gasteiger partial charge >= 0.3 is 0 Å². The molecule has 0 spiro atoms. The molecule has 1 fully saturated rings. The van der Waals surface area contributed by atoms with E-state index in [1.807, 2.05) is 41.3 Å².